The Bertz CT molecular complexity index is 397. The number of unbranched alkanes of at least 4 members (excludes halogenated alkanes) is 1. The van der Waals surface area contributed by atoms with Gasteiger partial charge in [-0.2, -0.15) is 0 Å². The fourth-order valence-corrected chi connectivity index (χ4v) is 1.83. The molecule has 1 amide bonds. The third-order valence-corrected chi connectivity index (χ3v) is 2.68. The molecule has 100 valence electrons. The lowest BCUT2D eigenvalue weighted by Gasteiger charge is -2.07. The van der Waals surface area contributed by atoms with Gasteiger partial charge in [-0.15, -0.1) is 0 Å². The number of halogens is 1. The van der Waals surface area contributed by atoms with E-state index in [1.807, 2.05) is 0 Å². The SMILES string of the molecule is CCCc1cc(C(=O)NCCCCO)cc(Cl)n1. The zero-order valence-corrected chi connectivity index (χ0v) is 11.3. The van der Waals surface area contributed by atoms with Crippen molar-refractivity contribution in [2.45, 2.75) is 32.6 Å². The number of aliphatic hydroxyl groups excluding tert-OH is 1. The van der Waals surface area contributed by atoms with Gasteiger partial charge < -0.3 is 10.4 Å². The standard InChI is InChI=1S/C13H19ClN2O2/c1-2-5-11-8-10(9-12(14)16-11)13(18)15-6-3-4-7-17/h8-9,17H,2-7H2,1H3,(H,15,18). The third-order valence-electron chi connectivity index (χ3n) is 2.49. The Morgan fingerprint density at radius 1 is 1.44 bits per heavy atom. The molecular weight excluding hydrogens is 252 g/mol. The summed E-state index contributed by atoms with van der Waals surface area (Å²) in [6.45, 7) is 2.76. The number of aliphatic hydroxyl groups is 1. The summed E-state index contributed by atoms with van der Waals surface area (Å²) in [5.41, 5.74) is 1.38. The summed E-state index contributed by atoms with van der Waals surface area (Å²) in [4.78, 5) is 16.0. The van der Waals surface area contributed by atoms with E-state index in [0.717, 1.165) is 25.0 Å². The lowest BCUT2D eigenvalue weighted by Crippen LogP contribution is -2.24. The van der Waals surface area contributed by atoms with Crippen molar-refractivity contribution in [3.8, 4) is 0 Å². The van der Waals surface area contributed by atoms with E-state index in [-0.39, 0.29) is 12.5 Å². The highest BCUT2D eigenvalue weighted by molar-refractivity contribution is 6.29. The molecule has 0 saturated heterocycles. The topological polar surface area (TPSA) is 62.2 Å². The molecule has 0 unspecified atom stereocenters. The summed E-state index contributed by atoms with van der Waals surface area (Å²) in [5, 5.41) is 11.8. The molecule has 0 bridgehead atoms. The first kappa shape index (κ1) is 14.9. The minimum atomic E-state index is -0.144. The van der Waals surface area contributed by atoms with Crippen molar-refractivity contribution in [1.29, 1.82) is 0 Å². The number of aromatic nitrogens is 1. The van der Waals surface area contributed by atoms with E-state index < -0.39 is 0 Å². The summed E-state index contributed by atoms with van der Waals surface area (Å²) in [6, 6.07) is 3.35. The van der Waals surface area contributed by atoms with Gasteiger partial charge >= 0.3 is 0 Å². The van der Waals surface area contributed by atoms with Crippen molar-refractivity contribution in [3.05, 3.63) is 28.5 Å². The molecule has 0 aliphatic rings. The van der Waals surface area contributed by atoms with Crippen LogP contribution in [-0.2, 0) is 6.42 Å². The van der Waals surface area contributed by atoms with Crippen LogP contribution >= 0.6 is 11.6 Å². The fourth-order valence-electron chi connectivity index (χ4n) is 1.61. The average Bonchev–Trinajstić information content (AvgIpc) is 2.34. The van der Waals surface area contributed by atoms with Gasteiger partial charge in [0.25, 0.3) is 5.91 Å². The van der Waals surface area contributed by atoms with Crippen LogP contribution in [0.5, 0.6) is 0 Å². The van der Waals surface area contributed by atoms with Crippen LogP contribution in [0.2, 0.25) is 5.15 Å². The third kappa shape index (κ3) is 5.02. The summed E-state index contributed by atoms with van der Waals surface area (Å²) < 4.78 is 0. The minimum Gasteiger partial charge on any atom is -0.396 e. The van der Waals surface area contributed by atoms with Gasteiger partial charge in [-0.1, -0.05) is 24.9 Å². The van der Waals surface area contributed by atoms with Crippen molar-refractivity contribution < 1.29 is 9.90 Å². The number of carbonyl (C=O) groups is 1. The number of hydrogen-bond donors (Lipinski definition) is 2. The molecule has 0 aromatic carbocycles. The number of nitrogens with zero attached hydrogens (tertiary/aromatic N) is 1. The lowest BCUT2D eigenvalue weighted by molar-refractivity contribution is 0.0952. The zero-order valence-electron chi connectivity index (χ0n) is 10.6. The molecular formula is C13H19ClN2O2. The van der Waals surface area contributed by atoms with E-state index in [1.165, 1.54) is 0 Å². The second-order valence-electron chi connectivity index (χ2n) is 4.11. The van der Waals surface area contributed by atoms with E-state index in [1.54, 1.807) is 12.1 Å². The molecule has 4 nitrogen and oxygen atoms in total. The first-order valence-corrected chi connectivity index (χ1v) is 6.60. The highest BCUT2D eigenvalue weighted by Gasteiger charge is 2.08. The number of pyridine rings is 1. The fraction of sp³-hybridized carbons (Fsp3) is 0.538. The van der Waals surface area contributed by atoms with Crippen LogP contribution in [0.25, 0.3) is 0 Å². The Morgan fingerprint density at radius 3 is 2.89 bits per heavy atom. The maximum absolute atomic E-state index is 11.9. The van der Waals surface area contributed by atoms with Crippen LogP contribution in [0.4, 0.5) is 0 Å². The van der Waals surface area contributed by atoms with Crippen LogP contribution in [0, 0.1) is 0 Å². The van der Waals surface area contributed by atoms with E-state index in [4.69, 9.17) is 16.7 Å². The number of carbonyl (C=O) groups excluding carboxylic acids is 1. The summed E-state index contributed by atoms with van der Waals surface area (Å²) in [6.07, 6.45) is 3.23. The molecule has 1 aromatic heterocycles. The molecule has 2 N–H and O–H groups in total. The van der Waals surface area contributed by atoms with Gasteiger partial charge in [0.05, 0.1) is 0 Å². The molecule has 1 rings (SSSR count). The molecule has 1 heterocycles. The molecule has 0 aliphatic heterocycles. The van der Waals surface area contributed by atoms with Gasteiger partial charge in [0.2, 0.25) is 0 Å². The normalized spacial score (nSPS) is 10.4. The smallest absolute Gasteiger partial charge is 0.251 e. The first-order chi connectivity index (χ1) is 8.67. The van der Waals surface area contributed by atoms with E-state index in [2.05, 4.69) is 17.2 Å². The highest BCUT2D eigenvalue weighted by atomic mass is 35.5. The summed E-state index contributed by atoms with van der Waals surface area (Å²) in [5.74, 6) is -0.144. The van der Waals surface area contributed by atoms with Crippen LogP contribution in [0.1, 0.15) is 42.2 Å². The van der Waals surface area contributed by atoms with Gasteiger partial charge in [0.1, 0.15) is 5.15 Å². The number of rotatable bonds is 7. The molecule has 18 heavy (non-hydrogen) atoms. The predicted molar refractivity (Wildman–Crippen MR) is 71.9 cm³/mol. The van der Waals surface area contributed by atoms with Crippen molar-refractivity contribution in [2.75, 3.05) is 13.2 Å². The molecule has 0 atom stereocenters. The largest absolute Gasteiger partial charge is 0.396 e. The quantitative estimate of drug-likeness (QED) is 0.590. The molecule has 0 radical (unpaired) electrons. The van der Waals surface area contributed by atoms with Gasteiger partial charge in [0.15, 0.2) is 0 Å². The zero-order chi connectivity index (χ0) is 13.4. The molecule has 0 spiro atoms. The van der Waals surface area contributed by atoms with E-state index in [9.17, 15) is 4.79 Å². The Kier molecular flexibility index (Phi) is 6.68. The number of aryl methyl sites for hydroxylation is 1. The Hall–Kier alpha value is -1.13. The lowest BCUT2D eigenvalue weighted by atomic mass is 10.1. The minimum absolute atomic E-state index is 0.144. The molecule has 1 aromatic rings. The molecule has 5 heteroatoms. The van der Waals surface area contributed by atoms with Crippen molar-refractivity contribution >= 4 is 17.5 Å². The highest BCUT2D eigenvalue weighted by Crippen LogP contribution is 2.12. The molecule has 0 fully saturated rings. The van der Waals surface area contributed by atoms with Crippen molar-refractivity contribution in [2.24, 2.45) is 0 Å². The van der Waals surface area contributed by atoms with Crippen LogP contribution in [0.3, 0.4) is 0 Å². The first-order valence-electron chi connectivity index (χ1n) is 6.23. The maximum atomic E-state index is 11.9. The Labute approximate surface area is 112 Å². The van der Waals surface area contributed by atoms with Crippen LogP contribution in [-0.4, -0.2) is 29.1 Å². The van der Waals surface area contributed by atoms with Crippen LogP contribution < -0.4 is 5.32 Å². The average molecular weight is 271 g/mol. The maximum Gasteiger partial charge on any atom is 0.251 e. The van der Waals surface area contributed by atoms with Gasteiger partial charge in [-0.3, -0.25) is 4.79 Å². The van der Waals surface area contributed by atoms with Gasteiger partial charge in [-0.25, -0.2) is 4.98 Å². The number of amides is 1. The van der Waals surface area contributed by atoms with Gasteiger partial charge in [-0.05, 0) is 31.4 Å². The number of nitrogens with one attached hydrogen (secondary N) is 1. The predicted octanol–water partition coefficient (Wildman–Crippen LogP) is 2.19. The van der Waals surface area contributed by atoms with Crippen LogP contribution in [0.15, 0.2) is 12.1 Å². The van der Waals surface area contributed by atoms with Gasteiger partial charge in [0, 0.05) is 24.4 Å². The Morgan fingerprint density at radius 2 is 2.22 bits per heavy atom. The molecule has 0 aliphatic carbocycles. The summed E-state index contributed by atoms with van der Waals surface area (Å²) in [7, 11) is 0. The summed E-state index contributed by atoms with van der Waals surface area (Å²) >= 11 is 5.89. The van der Waals surface area contributed by atoms with Crippen molar-refractivity contribution in [3.63, 3.8) is 0 Å². The Balaban J connectivity index is 2.61. The molecule has 0 saturated carbocycles. The van der Waals surface area contributed by atoms with E-state index >= 15 is 0 Å². The van der Waals surface area contributed by atoms with Crippen molar-refractivity contribution in [1.82, 2.24) is 10.3 Å². The second-order valence-corrected chi connectivity index (χ2v) is 4.49. The monoisotopic (exact) mass is 270 g/mol. The second kappa shape index (κ2) is 8.06. The van der Waals surface area contributed by atoms with E-state index in [0.29, 0.717) is 23.7 Å². The number of hydrogen-bond acceptors (Lipinski definition) is 3.